The minimum absolute atomic E-state index is 0.471. The molecule has 2 aliphatic rings. The molecular formula is C11H15NS. The summed E-state index contributed by atoms with van der Waals surface area (Å²) in [6.45, 7) is 2.34. The lowest BCUT2D eigenvalue weighted by molar-refractivity contribution is 0.740. The standard InChI is InChI=1S/C11H15NS/c1-11(4-5-11)9-7-13-10(12-9)6-8-2-3-8/h7-8H,2-6H2,1H3. The third kappa shape index (κ3) is 1.52. The van der Waals surface area contributed by atoms with Gasteiger partial charge in [0.25, 0.3) is 0 Å². The zero-order valence-electron chi connectivity index (χ0n) is 8.05. The van der Waals surface area contributed by atoms with E-state index in [-0.39, 0.29) is 0 Å². The van der Waals surface area contributed by atoms with E-state index in [1.54, 1.807) is 0 Å². The Morgan fingerprint density at radius 3 is 2.92 bits per heavy atom. The van der Waals surface area contributed by atoms with E-state index in [1.165, 1.54) is 42.8 Å². The number of nitrogens with zero attached hydrogens (tertiary/aromatic N) is 1. The maximum absolute atomic E-state index is 4.74. The van der Waals surface area contributed by atoms with E-state index in [1.807, 2.05) is 11.3 Å². The predicted octanol–water partition coefficient (Wildman–Crippen LogP) is 3.15. The fourth-order valence-electron chi connectivity index (χ4n) is 1.69. The molecule has 0 spiro atoms. The van der Waals surface area contributed by atoms with Crippen LogP contribution in [0.4, 0.5) is 0 Å². The Balaban J connectivity index is 1.76. The summed E-state index contributed by atoms with van der Waals surface area (Å²) in [7, 11) is 0. The number of thiazole rings is 1. The maximum atomic E-state index is 4.74. The molecule has 70 valence electrons. The van der Waals surface area contributed by atoms with E-state index in [4.69, 9.17) is 4.98 Å². The Morgan fingerprint density at radius 1 is 1.54 bits per heavy atom. The largest absolute Gasteiger partial charge is 0.246 e. The van der Waals surface area contributed by atoms with Crippen LogP contribution in [0.2, 0.25) is 0 Å². The van der Waals surface area contributed by atoms with E-state index in [2.05, 4.69) is 12.3 Å². The molecule has 2 heteroatoms. The third-order valence-electron chi connectivity index (χ3n) is 3.33. The highest BCUT2D eigenvalue weighted by Crippen LogP contribution is 2.47. The molecule has 1 heterocycles. The van der Waals surface area contributed by atoms with Crippen LogP contribution in [0.25, 0.3) is 0 Å². The summed E-state index contributed by atoms with van der Waals surface area (Å²) in [5, 5.41) is 3.66. The molecule has 2 aliphatic carbocycles. The molecule has 0 bridgehead atoms. The summed E-state index contributed by atoms with van der Waals surface area (Å²) in [6, 6.07) is 0. The molecule has 1 aromatic rings. The lowest BCUT2D eigenvalue weighted by Crippen LogP contribution is -2.00. The number of aromatic nitrogens is 1. The Bertz CT molecular complexity index is 321. The minimum atomic E-state index is 0.471. The van der Waals surface area contributed by atoms with Crippen LogP contribution in [-0.2, 0) is 11.8 Å². The average molecular weight is 193 g/mol. The van der Waals surface area contributed by atoms with Gasteiger partial charge in [-0.25, -0.2) is 4.98 Å². The monoisotopic (exact) mass is 193 g/mol. The fraction of sp³-hybridized carbons (Fsp3) is 0.727. The van der Waals surface area contributed by atoms with Crippen LogP contribution < -0.4 is 0 Å². The number of hydrogen-bond donors (Lipinski definition) is 0. The molecule has 0 aromatic carbocycles. The molecule has 0 atom stereocenters. The van der Waals surface area contributed by atoms with Gasteiger partial charge in [0, 0.05) is 17.2 Å². The number of rotatable bonds is 3. The summed E-state index contributed by atoms with van der Waals surface area (Å²) < 4.78 is 0. The molecule has 0 amide bonds. The van der Waals surface area contributed by atoms with Crippen LogP contribution in [0, 0.1) is 5.92 Å². The van der Waals surface area contributed by atoms with Gasteiger partial charge < -0.3 is 0 Å². The molecule has 1 aromatic heterocycles. The molecular weight excluding hydrogens is 178 g/mol. The van der Waals surface area contributed by atoms with Gasteiger partial charge in [0.1, 0.15) is 0 Å². The van der Waals surface area contributed by atoms with Gasteiger partial charge in [0.15, 0.2) is 0 Å². The first-order valence-corrected chi connectivity index (χ1v) is 6.09. The van der Waals surface area contributed by atoms with Crippen molar-refractivity contribution in [2.45, 2.75) is 44.4 Å². The van der Waals surface area contributed by atoms with Gasteiger partial charge in [0.2, 0.25) is 0 Å². The second kappa shape index (κ2) is 2.57. The average Bonchev–Trinajstić information content (AvgIpc) is 2.97. The molecule has 2 fully saturated rings. The Hall–Kier alpha value is -0.370. The van der Waals surface area contributed by atoms with E-state index >= 15 is 0 Å². The first-order valence-electron chi connectivity index (χ1n) is 5.21. The van der Waals surface area contributed by atoms with Crippen molar-refractivity contribution in [3.63, 3.8) is 0 Å². The van der Waals surface area contributed by atoms with Crippen molar-refractivity contribution >= 4 is 11.3 Å². The molecule has 1 nitrogen and oxygen atoms in total. The van der Waals surface area contributed by atoms with Crippen molar-refractivity contribution < 1.29 is 0 Å². The van der Waals surface area contributed by atoms with Crippen LogP contribution >= 0.6 is 11.3 Å². The zero-order chi connectivity index (χ0) is 8.89. The second-order valence-corrected chi connectivity index (χ2v) is 5.78. The van der Waals surface area contributed by atoms with Gasteiger partial charge in [-0.2, -0.15) is 0 Å². The van der Waals surface area contributed by atoms with Crippen molar-refractivity contribution in [1.82, 2.24) is 4.98 Å². The second-order valence-electron chi connectivity index (χ2n) is 4.83. The molecule has 0 saturated heterocycles. The van der Waals surface area contributed by atoms with Gasteiger partial charge in [0.05, 0.1) is 10.7 Å². The molecule has 0 aliphatic heterocycles. The first-order chi connectivity index (χ1) is 6.26. The van der Waals surface area contributed by atoms with Crippen molar-refractivity contribution in [3.8, 4) is 0 Å². The SMILES string of the molecule is CC1(c2csc(CC3CC3)n2)CC1. The lowest BCUT2D eigenvalue weighted by atomic mass is 10.1. The van der Waals surface area contributed by atoms with E-state index in [9.17, 15) is 0 Å². The molecule has 13 heavy (non-hydrogen) atoms. The Labute approximate surface area is 83.2 Å². The molecule has 0 N–H and O–H groups in total. The summed E-state index contributed by atoms with van der Waals surface area (Å²) in [6.07, 6.45) is 6.82. The van der Waals surface area contributed by atoms with Gasteiger partial charge in [-0.3, -0.25) is 0 Å². The van der Waals surface area contributed by atoms with Gasteiger partial charge in [-0.1, -0.05) is 6.92 Å². The maximum Gasteiger partial charge on any atom is 0.0931 e. The van der Waals surface area contributed by atoms with E-state index in [0.29, 0.717) is 5.41 Å². The predicted molar refractivity (Wildman–Crippen MR) is 55.1 cm³/mol. The summed E-state index contributed by atoms with van der Waals surface area (Å²) >= 11 is 1.87. The van der Waals surface area contributed by atoms with Crippen LogP contribution in [0.3, 0.4) is 0 Å². The zero-order valence-corrected chi connectivity index (χ0v) is 8.86. The lowest BCUT2D eigenvalue weighted by Gasteiger charge is -2.01. The molecule has 2 saturated carbocycles. The van der Waals surface area contributed by atoms with Gasteiger partial charge >= 0.3 is 0 Å². The van der Waals surface area contributed by atoms with Crippen molar-refractivity contribution in [2.75, 3.05) is 0 Å². The number of hydrogen-bond acceptors (Lipinski definition) is 2. The Morgan fingerprint density at radius 2 is 2.31 bits per heavy atom. The smallest absolute Gasteiger partial charge is 0.0931 e. The van der Waals surface area contributed by atoms with Gasteiger partial charge in [-0.15, -0.1) is 11.3 Å². The normalized spacial score (nSPS) is 24.7. The molecule has 0 radical (unpaired) electrons. The van der Waals surface area contributed by atoms with Crippen molar-refractivity contribution in [1.29, 1.82) is 0 Å². The quantitative estimate of drug-likeness (QED) is 0.718. The first kappa shape index (κ1) is 7.98. The van der Waals surface area contributed by atoms with E-state index in [0.717, 1.165) is 5.92 Å². The van der Waals surface area contributed by atoms with Crippen molar-refractivity contribution in [3.05, 3.63) is 16.1 Å². The van der Waals surface area contributed by atoms with Gasteiger partial charge in [-0.05, 0) is 31.6 Å². The van der Waals surface area contributed by atoms with Crippen molar-refractivity contribution in [2.24, 2.45) is 5.92 Å². The highest BCUT2D eigenvalue weighted by molar-refractivity contribution is 7.09. The van der Waals surface area contributed by atoms with E-state index < -0.39 is 0 Å². The van der Waals surface area contributed by atoms with Crippen LogP contribution in [0.1, 0.15) is 43.3 Å². The molecule has 3 rings (SSSR count). The topological polar surface area (TPSA) is 12.9 Å². The van der Waals surface area contributed by atoms with Crippen LogP contribution in [-0.4, -0.2) is 4.98 Å². The summed E-state index contributed by atoms with van der Waals surface area (Å²) in [5.41, 5.74) is 1.84. The minimum Gasteiger partial charge on any atom is -0.246 e. The highest BCUT2D eigenvalue weighted by atomic mass is 32.1. The third-order valence-corrected chi connectivity index (χ3v) is 4.20. The van der Waals surface area contributed by atoms with Crippen LogP contribution in [0.5, 0.6) is 0 Å². The van der Waals surface area contributed by atoms with Crippen LogP contribution in [0.15, 0.2) is 5.38 Å². The fourth-order valence-corrected chi connectivity index (χ4v) is 2.76. The summed E-state index contributed by atoms with van der Waals surface area (Å²) in [5.74, 6) is 0.978. The molecule has 0 unspecified atom stereocenters. The highest BCUT2D eigenvalue weighted by Gasteiger charge is 2.41. The summed E-state index contributed by atoms with van der Waals surface area (Å²) in [4.78, 5) is 4.74. The Kier molecular flexibility index (Phi) is 1.58.